The SMILES string of the molecule is CCCNC1CCN(Cc2nccs2)C1. The fraction of sp³-hybridized carbons (Fsp3) is 0.727. The maximum atomic E-state index is 4.32. The number of aromatic nitrogens is 1. The van der Waals surface area contributed by atoms with Gasteiger partial charge in [0.2, 0.25) is 0 Å². The maximum absolute atomic E-state index is 4.32. The van der Waals surface area contributed by atoms with Crippen LogP contribution in [0.25, 0.3) is 0 Å². The molecule has 1 saturated heterocycles. The Morgan fingerprint density at radius 2 is 2.60 bits per heavy atom. The first-order valence-electron chi connectivity index (χ1n) is 5.72. The summed E-state index contributed by atoms with van der Waals surface area (Å²) in [5.41, 5.74) is 0. The number of nitrogens with one attached hydrogen (secondary N) is 1. The normalized spacial score (nSPS) is 22.3. The van der Waals surface area contributed by atoms with Crippen molar-refractivity contribution in [1.29, 1.82) is 0 Å². The van der Waals surface area contributed by atoms with Gasteiger partial charge in [-0.15, -0.1) is 11.3 Å². The van der Waals surface area contributed by atoms with E-state index in [2.05, 4.69) is 27.5 Å². The van der Waals surface area contributed by atoms with Crippen LogP contribution >= 0.6 is 11.3 Å². The van der Waals surface area contributed by atoms with Crippen molar-refractivity contribution < 1.29 is 0 Å². The Bertz CT molecular complexity index is 273. The maximum Gasteiger partial charge on any atom is 0.107 e. The van der Waals surface area contributed by atoms with E-state index >= 15 is 0 Å². The second-order valence-corrected chi connectivity index (χ2v) is 5.08. The van der Waals surface area contributed by atoms with Gasteiger partial charge in [-0.1, -0.05) is 6.92 Å². The van der Waals surface area contributed by atoms with Gasteiger partial charge in [0.15, 0.2) is 0 Å². The molecule has 4 heteroatoms. The molecule has 1 aromatic rings. The van der Waals surface area contributed by atoms with Gasteiger partial charge in [-0.2, -0.15) is 0 Å². The van der Waals surface area contributed by atoms with Crippen LogP contribution in [-0.4, -0.2) is 35.6 Å². The van der Waals surface area contributed by atoms with Gasteiger partial charge >= 0.3 is 0 Å². The number of hydrogen-bond acceptors (Lipinski definition) is 4. The van der Waals surface area contributed by atoms with Crippen LogP contribution in [-0.2, 0) is 6.54 Å². The topological polar surface area (TPSA) is 28.2 Å². The van der Waals surface area contributed by atoms with E-state index in [1.165, 1.54) is 30.9 Å². The second-order valence-electron chi connectivity index (χ2n) is 4.10. The highest BCUT2D eigenvalue weighted by molar-refractivity contribution is 7.09. The molecule has 3 nitrogen and oxygen atoms in total. The zero-order chi connectivity index (χ0) is 10.5. The van der Waals surface area contributed by atoms with Crippen LogP contribution in [0, 0.1) is 0 Å². The Hall–Kier alpha value is -0.450. The van der Waals surface area contributed by atoms with Gasteiger partial charge in [0.05, 0.1) is 6.54 Å². The number of nitrogens with zero attached hydrogens (tertiary/aromatic N) is 2. The second kappa shape index (κ2) is 5.58. The molecule has 0 aliphatic carbocycles. The average Bonchev–Trinajstić information content (AvgIpc) is 2.87. The fourth-order valence-corrected chi connectivity index (χ4v) is 2.67. The van der Waals surface area contributed by atoms with Crippen LogP contribution in [0.4, 0.5) is 0 Å². The van der Waals surface area contributed by atoms with Gasteiger partial charge < -0.3 is 5.32 Å². The standard InChI is InChI=1S/C11H19N3S/c1-2-4-12-10-3-6-14(8-10)9-11-13-5-7-15-11/h5,7,10,12H,2-4,6,8-9H2,1H3. The third-order valence-corrected chi connectivity index (χ3v) is 3.56. The van der Waals surface area contributed by atoms with Crippen molar-refractivity contribution in [3.05, 3.63) is 16.6 Å². The smallest absolute Gasteiger partial charge is 0.107 e. The summed E-state index contributed by atoms with van der Waals surface area (Å²) >= 11 is 1.76. The van der Waals surface area contributed by atoms with Crippen molar-refractivity contribution in [2.24, 2.45) is 0 Å². The monoisotopic (exact) mass is 225 g/mol. The molecule has 84 valence electrons. The van der Waals surface area contributed by atoms with E-state index in [9.17, 15) is 0 Å². The largest absolute Gasteiger partial charge is 0.313 e. The number of hydrogen-bond donors (Lipinski definition) is 1. The predicted molar refractivity (Wildman–Crippen MR) is 64.1 cm³/mol. The Labute approximate surface area is 95.5 Å². The van der Waals surface area contributed by atoms with E-state index in [0.717, 1.165) is 13.1 Å². The lowest BCUT2D eigenvalue weighted by Crippen LogP contribution is -2.32. The fourth-order valence-electron chi connectivity index (χ4n) is 2.01. The predicted octanol–water partition coefficient (Wildman–Crippen LogP) is 1.72. The van der Waals surface area contributed by atoms with E-state index in [0.29, 0.717) is 6.04 Å². The van der Waals surface area contributed by atoms with Crippen LogP contribution in [0.2, 0.25) is 0 Å². The third kappa shape index (κ3) is 3.26. The van der Waals surface area contributed by atoms with Gasteiger partial charge in [0, 0.05) is 30.7 Å². The molecular weight excluding hydrogens is 206 g/mol. The van der Waals surface area contributed by atoms with E-state index < -0.39 is 0 Å². The Morgan fingerprint density at radius 1 is 1.67 bits per heavy atom. The van der Waals surface area contributed by atoms with Crippen molar-refractivity contribution in [3.63, 3.8) is 0 Å². The highest BCUT2D eigenvalue weighted by Crippen LogP contribution is 2.14. The van der Waals surface area contributed by atoms with Gasteiger partial charge in [0.25, 0.3) is 0 Å². The first-order valence-corrected chi connectivity index (χ1v) is 6.60. The van der Waals surface area contributed by atoms with E-state index in [1.807, 2.05) is 6.20 Å². The first-order chi connectivity index (χ1) is 7.38. The minimum Gasteiger partial charge on any atom is -0.313 e. The number of likely N-dealkylation sites (tertiary alicyclic amines) is 1. The molecule has 1 aromatic heterocycles. The van der Waals surface area contributed by atoms with Crippen molar-refractivity contribution in [2.45, 2.75) is 32.4 Å². The van der Waals surface area contributed by atoms with E-state index in [1.54, 1.807) is 11.3 Å². The molecule has 2 rings (SSSR count). The van der Waals surface area contributed by atoms with Crippen molar-refractivity contribution in [2.75, 3.05) is 19.6 Å². The molecule has 1 atom stereocenters. The molecule has 15 heavy (non-hydrogen) atoms. The van der Waals surface area contributed by atoms with Gasteiger partial charge in [-0.25, -0.2) is 4.98 Å². The summed E-state index contributed by atoms with van der Waals surface area (Å²) in [7, 11) is 0. The molecule has 0 bridgehead atoms. The molecule has 0 amide bonds. The summed E-state index contributed by atoms with van der Waals surface area (Å²) in [6.07, 6.45) is 4.40. The lowest BCUT2D eigenvalue weighted by molar-refractivity contribution is 0.319. The summed E-state index contributed by atoms with van der Waals surface area (Å²) < 4.78 is 0. The minimum atomic E-state index is 0.699. The molecule has 0 aromatic carbocycles. The van der Waals surface area contributed by atoms with Crippen LogP contribution in [0.1, 0.15) is 24.8 Å². The molecule has 1 N–H and O–H groups in total. The summed E-state index contributed by atoms with van der Waals surface area (Å²) in [4.78, 5) is 6.82. The Morgan fingerprint density at radius 3 is 3.33 bits per heavy atom. The molecule has 1 aliphatic heterocycles. The molecule has 2 heterocycles. The van der Waals surface area contributed by atoms with Gasteiger partial charge in [-0.05, 0) is 19.4 Å². The van der Waals surface area contributed by atoms with E-state index in [4.69, 9.17) is 0 Å². The molecule has 1 aliphatic rings. The summed E-state index contributed by atoms with van der Waals surface area (Å²) in [6.45, 7) is 6.79. The van der Waals surface area contributed by atoms with Gasteiger partial charge in [-0.3, -0.25) is 4.90 Å². The van der Waals surface area contributed by atoms with Crippen LogP contribution in [0.15, 0.2) is 11.6 Å². The van der Waals surface area contributed by atoms with Crippen LogP contribution < -0.4 is 5.32 Å². The Kier molecular flexibility index (Phi) is 4.11. The number of thiazole rings is 1. The highest BCUT2D eigenvalue weighted by Gasteiger charge is 2.21. The third-order valence-electron chi connectivity index (χ3n) is 2.80. The molecule has 1 fully saturated rings. The molecule has 0 radical (unpaired) electrons. The van der Waals surface area contributed by atoms with Crippen molar-refractivity contribution in [3.8, 4) is 0 Å². The quantitative estimate of drug-likeness (QED) is 0.827. The Balaban J connectivity index is 1.73. The summed E-state index contributed by atoms with van der Waals surface area (Å²) in [6, 6.07) is 0.699. The van der Waals surface area contributed by atoms with Crippen molar-refractivity contribution >= 4 is 11.3 Å². The summed E-state index contributed by atoms with van der Waals surface area (Å²) in [5.74, 6) is 0. The number of rotatable bonds is 5. The minimum absolute atomic E-state index is 0.699. The highest BCUT2D eigenvalue weighted by atomic mass is 32.1. The zero-order valence-corrected chi connectivity index (χ0v) is 10.1. The molecule has 1 unspecified atom stereocenters. The summed E-state index contributed by atoms with van der Waals surface area (Å²) in [5, 5.41) is 6.88. The molecule has 0 saturated carbocycles. The van der Waals surface area contributed by atoms with Gasteiger partial charge in [0.1, 0.15) is 5.01 Å². The molecular formula is C11H19N3S. The lowest BCUT2D eigenvalue weighted by atomic mass is 10.2. The van der Waals surface area contributed by atoms with E-state index in [-0.39, 0.29) is 0 Å². The lowest BCUT2D eigenvalue weighted by Gasteiger charge is -2.14. The van der Waals surface area contributed by atoms with Crippen LogP contribution in [0.5, 0.6) is 0 Å². The van der Waals surface area contributed by atoms with Crippen molar-refractivity contribution in [1.82, 2.24) is 15.2 Å². The average molecular weight is 225 g/mol. The zero-order valence-electron chi connectivity index (χ0n) is 9.28. The molecule has 0 spiro atoms. The van der Waals surface area contributed by atoms with Crippen LogP contribution in [0.3, 0.4) is 0 Å². The first kappa shape index (κ1) is 11.0.